The molecule has 0 aromatic heterocycles. The Morgan fingerprint density at radius 3 is 2.44 bits per heavy atom. The van der Waals surface area contributed by atoms with Gasteiger partial charge in [0.15, 0.2) is 0 Å². The van der Waals surface area contributed by atoms with Gasteiger partial charge in [-0.25, -0.2) is 0 Å². The summed E-state index contributed by atoms with van der Waals surface area (Å²) in [5.74, 6) is 5.44. The Morgan fingerprint density at radius 2 is 1.94 bits per heavy atom. The monoisotopic (exact) mass is 220 g/mol. The van der Waals surface area contributed by atoms with Crippen LogP contribution in [-0.4, -0.2) is 12.1 Å². The zero-order chi connectivity index (χ0) is 12.6. The molecule has 0 heterocycles. The van der Waals surface area contributed by atoms with Crippen LogP contribution in [0, 0.1) is 17.3 Å². The quantitative estimate of drug-likeness (QED) is 0.235. The van der Waals surface area contributed by atoms with Crippen molar-refractivity contribution in [2.45, 2.75) is 47.0 Å². The summed E-state index contributed by atoms with van der Waals surface area (Å²) in [5, 5.41) is 0. The molecule has 88 valence electrons. The fraction of sp³-hybridized carbons (Fsp3) is 0.571. The third kappa shape index (κ3) is 7.99. The van der Waals surface area contributed by atoms with Crippen molar-refractivity contribution >= 4 is 12.1 Å². The van der Waals surface area contributed by atoms with Gasteiger partial charge in [-0.2, -0.15) is 0 Å². The second-order valence-corrected chi connectivity index (χ2v) is 4.78. The highest BCUT2D eigenvalue weighted by Gasteiger charge is 2.13. The highest BCUT2D eigenvalue weighted by molar-refractivity contribution is 6.04. The Morgan fingerprint density at radius 1 is 1.31 bits per heavy atom. The first-order valence-electron chi connectivity index (χ1n) is 5.53. The van der Waals surface area contributed by atoms with E-state index in [-0.39, 0.29) is 11.2 Å². The summed E-state index contributed by atoms with van der Waals surface area (Å²) in [4.78, 5) is 21.5. The minimum absolute atomic E-state index is 0.150. The third-order valence-electron chi connectivity index (χ3n) is 2.07. The molecule has 0 bridgehead atoms. The maximum absolute atomic E-state index is 11.3. The molecule has 2 nitrogen and oxygen atoms in total. The predicted octanol–water partition coefficient (Wildman–Crippen LogP) is 2.92. The average molecular weight is 220 g/mol. The van der Waals surface area contributed by atoms with Crippen molar-refractivity contribution in [1.29, 1.82) is 0 Å². The van der Waals surface area contributed by atoms with Gasteiger partial charge in [0.1, 0.15) is 6.29 Å². The molecule has 0 rings (SSSR count). The van der Waals surface area contributed by atoms with Crippen LogP contribution < -0.4 is 0 Å². The Balaban J connectivity index is 4.34. The number of carbonyl (C=O) groups excluding carboxylic acids is 2. The number of allylic oxidation sites excluding steroid dienone is 2. The van der Waals surface area contributed by atoms with Gasteiger partial charge in [-0.15, -0.1) is 0 Å². The molecule has 0 amide bonds. The Bertz CT molecular complexity index is 333. The van der Waals surface area contributed by atoms with Crippen LogP contribution in [0.3, 0.4) is 0 Å². The van der Waals surface area contributed by atoms with Crippen molar-refractivity contribution in [3.05, 3.63) is 11.6 Å². The SMILES string of the molecule is CC(C)=CC(=O)C#CC(C)(C)CCCC=O. The van der Waals surface area contributed by atoms with E-state index in [2.05, 4.69) is 11.8 Å². The van der Waals surface area contributed by atoms with E-state index in [9.17, 15) is 9.59 Å². The largest absolute Gasteiger partial charge is 0.303 e. The van der Waals surface area contributed by atoms with Gasteiger partial charge in [-0.05, 0) is 52.5 Å². The predicted molar refractivity (Wildman–Crippen MR) is 65.9 cm³/mol. The first-order valence-corrected chi connectivity index (χ1v) is 5.53. The van der Waals surface area contributed by atoms with Gasteiger partial charge >= 0.3 is 0 Å². The van der Waals surface area contributed by atoms with Gasteiger partial charge in [0.05, 0.1) is 0 Å². The summed E-state index contributed by atoms with van der Waals surface area (Å²) < 4.78 is 0. The van der Waals surface area contributed by atoms with Gasteiger partial charge in [0, 0.05) is 11.8 Å². The van der Waals surface area contributed by atoms with E-state index in [1.165, 1.54) is 6.08 Å². The summed E-state index contributed by atoms with van der Waals surface area (Å²) in [7, 11) is 0. The first kappa shape index (κ1) is 14.6. The zero-order valence-electron chi connectivity index (χ0n) is 10.6. The fourth-order valence-corrected chi connectivity index (χ4v) is 1.22. The van der Waals surface area contributed by atoms with Crippen LogP contribution in [0.15, 0.2) is 11.6 Å². The van der Waals surface area contributed by atoms with Crippen molar-refractivity contribution in [2.75, 3.05) is 0 Å². The van der Waals surface area contributed by atoms with Gasteiger partial charge in [-0.1, -0.05) is 11.5 Å². The van der Waals surface area contributed by atoms with Crippen molar-refractivity contribution < 1.29 is 9.59 Å². The van der Waals surface area contributed by atoms with Crippen molar-refractivity contribution in [3.8, 4) is 11.8 Å². The lowest BCUT2D eigenvalue weighted by molar-refractivity contribution is -0.110. The molecular formula is C14H20O2. The van der Waals surface area contributed by atoms with Gasteiger partial charge < -0.3 is 4.79 Å². The van der Waals surface area contributed by atoms with Crippen LogP contribution in [0.1, 0.15) is 47.0 Å². The van der Waals surface area contributed by atoms with Crippen LogP contribution in [0.25, 0.3) is 0 Å². The minimum atomic E-state index is -0.200. The normalized spacial score (nSPS) is 10.0. The summed E-state index contributed by atoms with van der Waals surface area (Å²) in [6, 6.07) is 0. The standard InChI is InChI=1S/C14H20O2/c1-12(2)11-13(16)7-9-14(3,4)8-5-6-10-15/h10-11H,5-6,8H2,1-4H3. The van der Waals surface area contributed by atoms with Gasteiger partial charge in [0.25, 0.3) is 0 Å². The van der Waals surface area contributed by atoms with Crippen LogP contribution >= 0.6 is 0 Å². The van der Waals surface area contributed by atoms with Crippen molar-refractivity contribution in [3.63, 3.8) is 0 Å². The number of aldehydes is 1. The lowest BCUT2D eigenvalue weighted by Gasteiger charge is -2.15. The molecule has 0 aromatic rings. The highest BCUT2D eigenvalue weighted by Crippen LogP contribution is 2.21. The Hall–Kier alpha value is -1.36. The van der Waals surface area contributed by atoms with E-state index in [0.717, 1.165) is 24.7 Å². The van der Waals surface area contributed by atoms with E-state index in [4.69, 9.17) is 0 Å². The number of carbonyl (C=O) groups is 2. The van der Waals surface area contributed by atoms with Gasteiger partial charge in [-0.3, -0.25) is 4.79 Å². The molecule has 0 saturated heterocycles. The molecular weight excluding hydrogens is 200 g/mol. The van der Waals surface area contributed by atoms with Crippen LogP contribution in [0.2, 0.25) is 0 Å². The minimum Gasteiger partial charge on any atom is -0.303 e. The van der Waals surface area contributed by atoms with Crippen molar-refractivity contribution in [2.24, 2.45) is 5.41 Å². The molecule has 0 aromatic carbocycles. The summed E-state index contributed by atoms with van der Waals surface area (Å²) in [6.45, 7) is 7.71. The molecule has 0 fully saturated rings. The number of hydrogen-bond donors (Lipinski definition) is 0. The molecule has 16 heavy (non-hydrogen) atoms. The van der Waals surface area contributed by atoms with E-state index in [0.29, 0.717) is 6.42 Å². The van der Waals surface area contributed by atoms with Crippen LogP contribution in [0.5, 0.6) is 0 Å². The second-order valence-electron chi connectivity index (χ2n) is 4.78. The lowest BCUT2D eigenvalue weighted by atomic mass is 9.88. The number of ketones is 1. The van der Waals surface area contributed by atoms with E-state index in [1.54, 1.807) is 0 Å². The van der Waals surface area contributed by atoms with Crippen LogP contribution in [-0.2, 0) is 9.59 Å². The molecule has 0 saturated carbocycles. The second kappa shape index (κ2) is 7.00. The molecule has 0 N–H and O–H groups in total. The maximum atomic E-state index is 11.3. The number of hydrogen-bond acceptors (Lipinski definition) is 2. The average Bonchev–Trinajstić information content (AvgIpc) is 2.14. The summed E-state index contributed by atoms with van der Waals surface area (Å²) in [6.07, 6.45) is 4.67. The topological polar surface area (TPSA) is 34.1 Å². The summed E-state index contributed by atoms with van der Waals surface area (Å²) in [5.41, 5.74) is 0.756. The van der Waals surface area contributed by atoms with E-state index >= 15 is 0 Å². The van der Waals surface area contributed by atoms with Crippen LogP contribution in [0.4, 0.5) is 0 Å². The molecule has 0 spiro atoms. The lowest BCUT2D eigenvalue weighted by Crippen LogP contribution is -2.08. The highest BCUT2D eigenvalue weighted by atomic mass is 16.1. The molecule has 0 radical (unpaired) electrons. The number of unbranched alkanes of at least 4 members (excludes halogenated alkanes) is 1. The first-order chi connectivity index (χ1) is 7.37. The molecule has 0 aliphatic rings. The van der Waals surface area contributed by atoms with Gasteiger partial charge in [0.2, 0.25) is 5.78 Å². The maximum Gasteiger partial charge on any atom is 0.228 e. The number of rotatable bonds is 5. The van der Waals surface area contributed by atoms with E-state index in [1.807, 2.05) is 27.7 Å². The Kier molecular flexibility index (Phi) is 6.41. The summed E-state index contributed by atoms with van der Waals surface area (Å²) >= 11 is 0. The molecule has 0 unspecified atom stereocenters. The third-order valence-corrected chi connectivity index (χ3v) is 2.07. The molecule has 0 atom stereocenters. The fourth-order valence-electron chi connectivity index (χ4n) is 1.22. The van der Waals surface area contributed by atoms with Crippen molar-refractivity contribution in [1.82, 2.24) is 0 Å². The molecule has 0 aliphatic carbocycles. The Labute approximate surface area is 98.1 Å². The molecule has 0 aliphatic heterocycles. The molecule has 2 heteroatoms. The zero-order valence-corrected chi connectivity index (χ0v) is 10.6. The smallest absolute Gasteiger partial charge is 0.228 e. The van der Waals surface area contributed by atoms with E-state index < -0.39 is 0 Å².